The Hall–Kier alpha value is -1.26. The van der Waals surface area contributed by atoms with Gasteiger partial charge in [-0.1, -0.05) is 33.1 Å². The van der Waals surface area contributed by atoms with Crippen molar-refractivity contribution >= 4 is 12.1 Å². The van der Waals surface area contributed by atoms with E-state index in [1.165, 1.54) is 0 Å². The molecule has 0 aliphatic rings. The molecule has 2 atom stereocenters. The number of unbranched alkanes of at least 4 members (excludes halogenated alkanes) is 1. The average molecular weight is 273 g/mol. The summed E-state index contributed by atoms with van der Waals surface area (Å²) < 4.78 is 5.07. The van der Waals surface area contributed by atoms with Crippen LogP contribution in [0.1, 0.15) is 60.3 Å². The number of hydrogen-bond donors (Lipinski definition) is 2. The largest absolute Gasteiger partial charge is 0.480 e. The third-order valence-corrected chi connectivity index (χ3v) is 2.68. The van der Waals surface area contributed by atoms with Gasteiger partial charge in [0.05, 0.1) is 0 Å². The van der Waals surface area contributed by atoms with Crippen molar-refractivity contribution in [3.8, 4) is 0 Å². The van der Waals surface area contributed by atoms with Crippen molar-refractivity contribution in [2.75, 3.05) is 0 Å². The summed E-state index contributed by atoms with van der Waals surface area (Å²) in [7, 11) is 0. The van der Waals surface area contributed by atoms with Gasteiger partial charge in [-0.05, 0) is 33.1 Å². The van der Waals surface area contributed by atoms with Crippen molar-refractivity contribution in [3.63, 3.8) is 0 Å². The van der Waals surface area contributed by atoms with Crippen molar-refractivity contribution < 1.29 is 19.4 Å². The van der Waals surface area contributed by atoms with Gasteiger partial charge in [0.15, 0.2) is 0 Å². The van der Waals surface area contributed by atoms with Gasteiger partial charge < -0.3 is 15.2 Å². The fourth-order valence-electron chi connectivity index (χ4n) is 1.74. The summed E-state index contributed by atoms with van der Waals surface area (Å²) in [6.45, 7) is 9.33. The first kappa shape index (κ1) is 17.7. The SMILES string of the molecule is CCCCC(C)C[C@H](NC(=O)OC(C)(C)C)C(=O)O. The molecule has 0 aromatic carbocycles. The highest BCUT2D eigenvalue weighted by atomic mass is 16.6. The van der Waals surface area contributed by atoms with Crippen LogP contribution in [-0.2, 0) is 9.53 Å². The number of carboxylic acid groups (broad SMARTS) is 1. The molecule has 0 aliphatic heterocycles. The minimum atomic E-state index is -1.02. The zero-order valence-corrected chi connectivity index (χ0v) is 12.7. The van der Waals surface area contributed by atoms with Crippen LogP contribution in [0, 0.1) is 5.92 Å². The van der Waals surface area contributed by atoms with E-state index < -0.39 is 23.7 Å². The van der Waals surface area contributed by atoms with E-state index in [2.05, 4.69) is 12.2 Å². The summed E-state index contributed by atoms with van der Waals surface area (Å²) in [5.74, 6) is -0.759. The maximum Gasteiger partial charge on any atom is 0.408 e. The third kappa shape index (κ3) is 9.33. The molecule has 0 rings (SSSR count). The molecule has 0 bridgehead atoms. The smallest absolute Gasteiger partial charge is 0.408 e. The van der Waals surface area contributed by atoms with Crippen LogP contribution < -0.4 is 5.32 Å². The molecule has 0 radical (unpaired) electrons. The van der Waals surface area contributed by atoms with E-state index in [4.69, 9.17) is 9.84 Å². The number of hydrogen-bond acceptors (Lipinski definition) is 3. The summed E-state index contributed by atoms with van der Waals surface area (Å²) >= 11 is 0. The first-order valence-corrected chi connectivity index (χ1v) is 6.88. The molecular weight excluding hydrogens is 246 g/mol. The second kappa shape index (κ2) is 8.02. The Morgan fingerprint density at radius 2 is 1.89 bits per heavy atom. The Kier molecular flexibility index (Phi) is 7.49. The van der Waals surface area contributed by atoms with E-state index in [1.54, 1.807) is 20.8 Å². The van der Waals surface area contributed by atoms with E-state index in [0.29, 0.717) is 6.42 Å². The number of nitrogens with one attached hydrogen (secondary N) is 1. The first-order chi connectivity index (χ1) is 8.65. The lowest BCUT2D eigenvalue weighted by Gasteiger charge is -2.23. The van der Waals surface area contributed by atoms with E-state index in [-0.39, 0.29) is 5.92 Å². The molecule has 1 unspecified atom stereocenters. The Balaban J connectivity index is 4.34. The minimum absolute atomic E-state index is 0.260. The van der Waals surface area contributed by atoms with Gasteiger partial charge in [0, 0.05) is 0 Å². The monoisotopic (exact) mass is 273 g/mol. The Labute approximate surface area is 115 Å². The standard InChI is InChI=1S/C14H27NO4/c1-6-7-8-10(2)9-11(12(16)17)15-13(18)19-14(3,4)5/h10-11H,6-9H2,1-5H3,(H,15,18)(H,16,17)/t10?,11-/m0/s1. The normalized spacial score (nSPS) is 14.6. The Morgan fingerprint density at radius 3 is 2.32 bits per heavy atom. The number of aliphatic carboxylic acids is 1. The molecular formula is C14H27NO4. The van der Waals surface area contributed by atoms with Crippen molar-refractivity contribution in [2.24, 2.45) is 5.92 Å². The van der Waals surface area contributed by atoms with Gasteiger partial charge in [-0.3, -0.25) is 0 Å². The number of amides is 1. The maximum absolute atomic E-state index is 11.6. The number of carbonyl (C=O) groups is 2. The van der Waals surface area contributed by atoms with E-state index in [1.807, 2.05) is 6.92 Å². The van der Waals surface area contributed by atoms with Crippen LogP contribution in [-0.4, -0.2) is 28.8 Å². The van der Waals surface area contributed by atoms with Crippen LogP contribution in [0.25, 0.3) is 0 Å². The van der Waals surface area contributed by atoms with E-state index in [0.717, 1.165) is 19.3 Å². The van der Waals surface area contributed by atoms with Gasteiger partial charge in [0.2, 0.25) is 0 Å². The molecule has 5 heteroatoms. The Morgan fingerprint density at radius 1 is 1.32 bits per heavy atom. The van der Waals surface area contributed by atoms with Crippen LogP contribution in [0.2, 0.25) is 0 Å². The van der Waals surface area contributed by atoms with Crippen molar-refractivity contribution in [1.82, 2.24) is 5.32 Å². The topological polar surface area (TPSA) is 75.6 Å². The van der Waals surface area contributed by atoms with E-state index >= 15 is 0 Å². The summed E-state index contributed by atoms with van der Waals surface area (Å²) in [6.07, 6.45) is 2.87. The highest BCUT2D eigenvalue weighted by molar-refractivity contribution is 5.79. The molecule has 0 saturated heterocycles. The van der Waals surface area contributed by atoms with Gasteiger partial charge in [-0.15, -0.1) is 0 Å². The molecule has 0 aromatic rings. The molecule has 0 fully saturated rings. The van der Waals surface area contributed by atoms with E-state index in [9.17, 15) is 9.59 Å². The number of rotatable bonds is 7. The molecule has 0 aromatic heterocycles. The van der Waals surface area contributed by atoms with Crippen LogP contribution in [0.5, 0.6) is 0 Å². The highest BCUT2D eigenvalue weighted by Gasteiger charge is 2.25. The van der Waals surface area contributed by atoms with Crippen LogP contribution in [0.4, 0.5) is 4.79 Å². The first-order valence-electron chi connectivity index (χ1n) is 6.88. The number of carboxylic acids is 1. The van der Waals surface area contributed by atoms with Gasteiger partial charge in [-0.25, -0.2) is 9.59 Å². The average Bonchev–Trinajstić information content (AvgIpc) is 2.22. The van der Waals surface area contributed by atoms with Gasteiger partial charge in [0.25, 0.3) is 0 Å². The molecule has 0 aliphatic carbocycles. The lowest BCUT2D eigenvalue weighted by atomic mass is 9.96. The number of ether oxygens (including phenoxy) is 1. The predicted molar refractivity (Wildman–Crippen MR) is 74.1 cm³/mol. The lowest BCUT2D eigenvalue weighted by molar-refractivity contribution is -0.140. The molecule has 0 saturated carbocycles. The summed E-state index contributed by atoms with van der Waals surface area (Å²) in [6, 6.07) is -0.887. The Bertz CT molecular complexity index is 296. The molecule has 0 heterocycles. The summed E-state index contributed by atoms with van der Waals surface area (Å²) in [4.78, 5) is 22.7. The van der Waals surface area contributed by atoms with Gasteiger partial charge >= 0.3 is 12.1 Å². The quantitative estimate of drug-likeness (QED) is 0.747. The fourth-order valence-corrected chi connectivity index (χ4v) is 1.74. The second-order valence-corrected chi connectivity index (χ2v) is 6.02. The lowest BCUT2D eigenvalue weighted by Crippen LogP contribution is -2.44. The van der Waals surface area contributed by atoms with Crippen molar-refractivity contribution in [3.05, 3.63) is 0 Å². The van der Waals surface area contributed by atoms with Crippen LogP contribution in [0.15, 0.2) is 0 Å². The van der Waals surface area contributed by atoms with Gasteiger partial charge in [0.1, 0.15) is 11.6 Å². The molecule has 5 nitrogen and oxygen atoms in total. The third-order valence-electron chi connectivity index (χ3n) is 2.68. The zero-order chi connectivity index (χ0) is 15.1. The predicted octanol–water partition coefficient (Wildman–Crippen LogP) is 3.18. The molecule has 2 N–H and O–H groups in total. The summed E-state index contributed by atoms with van der Waals surface area (Å²) in [5.41, 5.74) is -0.624. The van der Waals surface area contributed by atoms with Crippen LogP contribution in [0.3, 0.4) is 0 Å². The molecule has 112 valence electrons. The van der Waals surface area contributed by atoms with Crippen LogP contribution >= 0.6 is 0 Å². The zero-order valence-electron chi connectivity index (χ0n) is 12.7. The van der Waals surface area contributed by atoms with Gasteiger partial charge in [-0.2, -0.15) is 0 Å². The van der Waals surface area contributed by atoms with Crippen molar-refractivity contribution in [1.29, 1.82) is 0 Å². The minimum Gasteiger partial charge on any atom is -0.480 e. The number of alkyl carbamates (subject to hydrolysis) is 1. The fraction of sp³-hybridized carbons (Fsp3) is 0.857. The maximum atomic E-state index is 11.6. The van der Waals surface area contributed by atoms with Crippen molar-refractivity contribution in [2.45, 2.75) is 71.9 Å². The molecule has 1 amide bonds. The number of carbonyl (C=O) groups excluding carboxylic acids is 1. The molecule has 0 spiro atoms. The summed E-state index contributed by atoms with van der Waals surface area (Å²) in [5, 5.41) is 11.5. The second-order valence-electron chi connectivity index (χ2n) is 6.02. The highest BCUT2D eigenvalue weighted by Crippen LogP contribution is 2.15. The molecule has 19 heavy (non-hydrogen) atoms.